The predicted octanol–water partition coefficient (Wildman–Crippen LogP) is 3.35. The molecule has 0 radical (unpaired) electrons. The lowest BCUT2D eigenvalue weighted by Gasteiger charge is -2.31. The SMILES string of the molecule is Cc1cc(NC(=O)C2CCN(C(=O)c3ccc(Br)cc3)CC2)ccc1C(N)=O. The summed E-state index contributed by atoms with van der Waals surface area (Å²) in [7, 11) is 0. The minimum Gasteiger partial charge on any atom is -0.366 e. The molecule has 0 bridgehead atoms. The first-order valence-corrected chi connectivity index (χ1v) is 9.90. The number of anilines is 1. The molecule has 2 aromatic carbocycles. The fourth-order valence-corrected chi connectivity index (χ4v) is 3.65. The van der Waals surface area contributed by atoms with Crippen LogP contribution in [0.2, 0.25) is 0 Å². The van der Waals surface area contributed by atoms with E-state index in [9.17, 15) is 14.4 Å². The zero-order valence-corrected chi connectivity index (χ0v) is 17.2. The molecule has 1 fully saturated rings. The van der Waals surface area contributed by atoms with Gasteiger partial charge in [0.05, 0.1) is 0 Å². The number of carbonyl (C=O) groups excluding carboxylic acids is 3. The lowest BCUT2D eigenvalue weighted by Crippen LogP contribution is -2.41. The Morgan fingerprint density at radius 1 is 1.07 bits per heavy atom. The van der Waals surface area contributed by atoms with E-state index in [1.54, 1.807) is 42.2 Å². The third-order valence-corrected chi connectivity index (χ3v) is 5.53. The summed E-state index contributed by atoms with van der Waals surface area (Å²) < 4.78 is 0.929. The second-order valence-corrected chi connectivity index (χ2v) is 7.87. The molecule has 0 atom stereocenters. The van der Waals surface area contributed by atoms with Crippen molar-refractivity contribution in [2.75, 3.05) is 18.4 Å². The summed E-state index contributed by atoms with van der Waals surface area (Å²) in [6.45, 7) is 2.88. The summed E-state index contributed by atoms with van der Waals surface area (Å²) in [4.78, 5) is 38.2. The van der Waals surface area contributed by atoms with E-state index in [0.717, 1.165) is 10.0 Å². The van der Waals surface area contributed by atoms with Crippen LogP contribution in [0.5, 0.6) is 0 Å². The van der Waals surface area contributed by atoms with Gasteiger partial charge in [0.25, 0.3) is 5.91 Å². The highest BCUT2D eigenvalue weighted by atomic mass is 79.9. The van der Waals surface area contributed by atoms with Crippen molar-refractivity contribution in [3.8, 4) is 0 Å². The fourth-order valence-electron chi connectivity index (χ4n) is 3.38. The second-order valence-electron chi connectivity index (χ2n) is 6.96. The number of benzene rings is 2. The van der Waals surface area contributed by atoms with E-state index in [-0.39, 0.29) is 17.7 Å². The molecule has 6 nitrogen and oxygen atoms in total. The third-order valence-electron chi connectivity index (χ3n) is 5.00. The number of likely N-dealkylation sites (tertiary alicyclic amines) is 1. The lowest BCUT2D eigenvalue weighted by molar-refractivity contribution is -0.121. The number of nitrogens with two attached hydrogens (primary N) is 1. The summed E-state index contributed by atoms with van der Waals surface area (Å²) in [5.74, 6) is -0.714. The molecule has 1 saturated heterocycles. The van der Waals surface area contributed by atoms with Gasteiger partial charge in [0.15, 0.2) is 0 Å². The van der Waals surface area contributed by atoms with Crippen molar-refractivity contribution in [2.24, 2.45) is 11.7 Å². The van der Waals surface area contributed by atoms with Crippen LogP contribution in [0, 0.1) is 12.8 Å². The van der Waals surface area contributed by atoms with E-state index in [2.05, 4.69) is 21.2 Å². The number of hydrogen-bond donors (Lipinski definition) is 2. The van der Waals surface area contributed by atoms with Crippen molar-refractivity contribution in [2.45, 2.75) is 19.8 Å². The fraction of sp³-hybridized carbons (Fsp3) is 0.286. The van der Waals surface area contributed by atoms with E-state index in [4.69, 9.17) is 5.73 Å². The molecule has 0 aliphatic carbocycles. The largest absolute Gasteiger partial charge is 0.366 e. The van der Waals surface area contributed by atoms with Gasteiger partial charge in [-0.2, -0.15) is 0 Å². The number of carbonyl (C=O) groups is 3. The number of halogens is 1. The van der Waals surface area contributed by atoms with Gasteiger partial charge in [0.2, 0.25) is 11.8 Å². The smallest absolute Gasteiger partial charge is 0.253 e. The Morgan fingerprint density at radius 3 is 2.29 bits per heavy atom. The zero-order valence-electron chi connectivity index (χ0n) is 15.6. The van der Waals surface area contributed by atoms with Gasteiger partial charge in [-0.05, 0) is 67.8 Å². The maximum atomic E-state index is 12.6. The average Bonchev–Trinajstić information content (AvgIpc) is 2.68. The first kappa shape index (κ1) is 20.1. The summed E-state index contributed by atoms with van der Waals surface area (Å²) in [6.07, 6.45) is 1.24. The van der Waals surface area contributed by atoms with Crippen LogP contribution in [0.15, 0.2) is 46.9 Å². The second kappa shape index (κ2) is 8.56. The summed E-state index contributed by atoms with van der Waals surface area (Å²) in [6, 6.07) is 12.3. The zero-order chi connectivity index (χ0) is 20.3. The van der Waals surface area contributed by atoms with Gasteiger partial charge in [-0.1, -0.05) is 15.9 Å². The highest BCUT2D eigenvalue weighted by Crippen LogP contribution is 2.22. The van der Waals surface area contributed by atoms with Gasteiger partial charge in [-0.15, -0.1) is 0 Å². The molecule has 7 heteroatoms. The minimum atomic E-state index is -0.488. The van der Waals surface area contributed by atoms with Gasteiger partial charge in [-0.25, -0.2) is 0 Å². The number of primary amides is 1. The molecule has 3 N–H and O–H groups in total. The van der Waals surface area contributed by atoms with Gasteiger partial charge < -0.3 is 16.0 Å². The Labute approximate surface area is 172 Å². The van der Waals surface area contributed by atoms with Crippen molar-refractivity contribution >= 4 is 39.3 Å². The molecular formula is C21H22BrN3O3. The maximum absolute atomic E-state index is 12.6. The molecule has 3 amide bonds. The summed E-state index contributed by atoms with van der Waals surface area (Å²) >= 11 is 3.36. The lowest BCUT2D eigenvalue weighted by atomic mass is 9.95. The number of piperidine rings is 1. The van der Waals surface area contributed by atoms with Crippen molar-refractivity contribution in [3.63, 3.8) is 0 Å². The molecule has 1 heterocycles. The van der Waals surface area contributed by atoms with E-state index in [0.29, 0.717) is 42.7 Å². The van der Waals surface area contributed by atoms with Crippen LogP contribution in [0.3, 0.4) is 0 Å². The Kier molecular flexibility index (Phi) is 6.14. The number of nitrogens with one attached hydrogen (secondary N) is 1. The average molecular weight is 444 g/mol. The minimum absolute atomic E-state index is 0.0102. The van der Waals surface area contributed by atoms with Crippen LogP contribution in [-0.2, 0) is 4.79 Å². The molecule has 0 spiro atoms. The molecule has 28 heavy (non-hydrogen) atoms. The van der Waals surface area contributed by atoms with Crippen LogP contribution < -0.4 is 11.1 Å². The number of rotatable bonds is 4. The van der Waals surface area contributed by atoms with Gasteiger partial charge in [0.1, 0.15) is 0 Å². The van der Waals surface area contributed by atoms with Crippen molar-refractivity contribution < 1.29 is 14.4 Å². The molecule has 0 saturated carbocycles. The van der Waals surface area contributed by atoms with Gasteiger partial charge in [0, 0.05) is 40.3 Å². The van der Waals surface area contributed by atoms with E-state index in [1.165, 1.54) is 0 Å². The topological polar surface area (TPSA) is 92.5 Å². The van der Waals surface area contributed by atoms with Crippen molar-refractivity contribution in [3.05, 3.63) is 63.6 Å². The first-order valence-electron chi connectivity index (χ1n) is 9.11. The molecule has 0 unspecified atom stereocenters. The molecule has 0 aromatic heterocycles. The van der Waals surface area contributed by atoms with Crippen molar-refractivity contribution in [1.82, 2.24) is 4.90 Å². The molecule has 3 rings (SSSR count). The van der Waals surface area contributed by atoms with Crippen LogP contribution in [-0.4, -0.2) is 35.7 Å². The predicted molar refractivity (Wildman–Crippen MR) is 111 cm³/mol. The number of aryl methyl sites for hydroxylation is 1. The monoisotopic (exact) mass is 443 g/mol. The highest BCUT2D eigenvalue weighted by Gasteiger charge is 2.28. The van der Waals surface area contributed by atoms with Gasteiger partial charge >= 0.3 is 0 Å². The summed E-state index contributed by atoms with van der Waals surface area (Å²) in [5, 5.41) is 2.90. The quantitative estimate of drug-likeness (QED) is 0.758. The van der Waals surface area contributed by atoms with Crippen LogP contribution in [0.1, 0.15) is 39.1 Å². The standard InChI is InChI=1S/C21H22BrN3O3/c1-13-12-17(6-7-18(13)19(23)26)24-20(27)14-8-10-25(11-9-14)21(28)15-2-4-16(22)5-3-15/h2-7,12,14H,8-11H2,1H3,(H2,23,26)(H,24,27). The maximum Gasteiger partial charge on any atom is 0.253 e. The molecule has 1 aliphatic rings. The molecule has 2 aromatic rings. The van der Waals surface area contributed by atoms with Gasteiger partial charge in [-0.3, -0.25) is 14.4 Å². The third kappa shape index (κ3) is 4.59. The number of amides is 3. The Hall–Kier alpha value is -2.67. The molecular weight excluding hydrogens is 422 g/mol. The highest BCUT2D eigenvalue weighted by molar-refractivity contribution is 9.10. The Morgan fingerprint density at radius 2 is 1.71 bits per heavy atom. The van der Waals surface area contributed by atoms with Crippen LogP contribution >= 0.6 is 15.9 Å². The number of hydrogen-bond acceptors (Lipinski definition) is 3. The molecule has 1 aliphatic heterocycles. The van der Waals surface area contributed by atoms with Crippen molar-refractivity contribution in [1.29, 1.82) is 0 Å². The normalized spacial score (nSPS) is 14.6. The van der Waals surface area contributed by atoms with E-state index >= 15 is 0 Å². The first-order chi connectivity index (χ1) is 13.3. The van der Waals surface area contributed by atoms with E-state index < -0.39 is 5.91 Å². The Bertz CT molecular complexity index is 904. The number of nitrogens with zero attached hydrogens (tertiary/aromatic N) is 1. The van der Waals surface area contributed by atoms with Crippen LogP contribution in [0.25, 0.3) is 0 Å². The van der Waals surface area contributed by atoms with Crippen LogP contribution in [0.4, 0.5) is 5.69 Å². The Balaban J connectivity index is 1.56. The summed E-state index contributed by atoms with van der Waals surface area (Å²) in [5.41, 5.74) is 7.76. The molecule has 146 valence electrons. The van der Waals surface area contributed by atoms with E-state index in [1.807, 2.05) is 12.1 Å².